The number of nitrogens with zero attached hydrogens (tertiary/aromatic N) is 2. The van der Waals surface area contributed by atoms with Crippen LogP contribution in [-0.2, 0) is 4.79 Å². The summed E-state index contributed by atoms with van der Waals surface area (Å²) in [4.78, 5) is 23.6. The van der Waals surface area contributed by atoms with E-state index in [0.717, 1.165) is 30.0 Å². The minimum absolute atomic E-state index is 0.185. The summed E-state index contributed by atoms with van der Waals surface area (Å²) in [5, 5.41) is 14.6. The van der Waals surface area contributed by atoms with Crippen LogP contribution in [0.15, 0.2) is 18.2 Å². The topological polar surface area (TPSA) is 84.0 Å². The lowest BCUT2D eigenvalue weighted by molar-refractivity contribution is -0.116. The molecule has 1 fully saturated rings. The van der Waals surface area contributed by atoms with Gasteiger partial charge < -0.3 is 10.6 Å². The van der Waals surface area contributed by atoms with Crippen molar-refractivity contribution in [1.82, 2.24) is 15.5 Å². The molecule has 0 unspecified atom stereocenters. The molecule has 132 valence electrons. The molecule has 1 aliphatic carbocycles. The van der Waals surface area contributed by atoms with Crippen LogP contribution in [0.2, 0.25) is 0 Å². The van der Waals surface area contributed by atoms with Crippen LogP contribution in [0, 0.1) is 11.6 Å². The van der Waals surface area contributed by atoms with Gasteiger partial charge in [-0.2, -0.15) is 0 Å². The highest BCUT2D eigenvalue weighted by Gasteiger charge is 2.27. The van der Waals surface area contributed by atoms with Gasteiger partial charge in [-0.3, -0.25) is 9.59 Å². The van der Waals surface area contributed by atoms with Crippen LogP contribution in [0.1, 0.15) is 47.0 Å². The third-order valence-corrected chi connectivity index (χ3v) is 4.66. The number of nitrogens with one attached hydrogen (secondary N) is 2. The SMILES string of the molecule is O=C(CCCNC(=O)c1ccc(F)cc1F)Nc1nnc(C2CC2)s1. The number of hydrogen-bond donors (Lipinski definition) is 2. The molecule has 25 heavy (non-hydrogen) atoms. The summed E-state index contributed by atoms with van der Waals surface area (Å²) in [7, 11) is 0. The molecular formula is C16H16F2N4O2S. The van der Waals surface area contributed by atoms with Crippen molar-refractivity contribution in [2.75, 3.05) is 11.9 Å². The lowest BCUT2D eigenvalue weighted by Crippen LogP contribution is -2.26. The second-order valence-corrected chi connectivity index (χ2v) is 6.76. The maximum atomic E-state index is 13.5. The molecule has 1 aromatic heterocycles. The van der Waals surface area contributed by atoms with Crippen LogP contribution >= 0.6 is 11.3 Å². The number of anilines is 1. The van der Waals surface area contributed by atoms with E-state index < -0.39 is 17.5 Å². The Bertz CT molecular complexity index is 792. The molecule has 0 spiro atoms. The number of rotatable bonds is 7. The van der Waals surface area contributed by atoms with E-state index in [1.54, 1.807) is 0 Å². The third kappa shape index (κ3) is 4.79. The zero-order chi connectivity index (χ0) is 17.8. The average molecular weight is 366 g/mol. The van der Waals surface area contributed by atoms with Crippen molar-refractivity contribution in [3.05, 3.63) is 40.4 Å². The van der Waals surface area contributed by atoms with E-state index in [1.165, 1.54) is 11.3 Å². The van der Waals surface area contributed by atoms with Crippen molar-refractivity contribution in [2.45, 2.75) is 31.6 Å². The molecule has 2 amide bonds. The Morgan fingerprint density at radius 3 is 2.76 bits per heavy atom. The quantitative estimate of drug-likeness (QED) is 0.738. The van der Waals surface area contributed by atoms with Crippen molar-refractivity contribution in [3.8, 4) is 0 Å². The maximum absolute atomic E-state index is 13.5. The molecular weight excluding hydrogens is 350 g/mol. The third-order valence-electron chi connectivity index (χ3n) is 3.66. The van der Waals surface area contributed by atoms with E-state index in [-0.39, 0.29) is 24.4 Å². The van der Waals surface area contributed by atoms with Gasteiger partial charge in [0.05, 0.1) is 5.56 Å². The normalized spacial score (nSPS) is 13.5. The first-order valence-corrected chi connectivity index (χ1v) is 8.71. The molecule has 0 bridgehead atoms. The first-order valence-electron chi connectivity index (χ1n) is 7.89. The second-order valence-electron chi connectivity index (χ2n) is 5.75. The Hall–Kier alpha value is -2.42. The molecule has 0 saturated heterocycles. The predicted molar refractivity (Wildman–Crippen MR) is 88.4 cm³/mol. The van der Waals surface area contributed by atoms with Crippen LogP contribution in [0.5, 0.6) is 0 Å². The summed E-state index contributed by atoms with van der Waals surface area (Å²) in [6.45, 7) is 0.201. The molecule has 2 aromatic rings. The summed E-state index contributed by atoms with van der Waals surface area (Å²) in [5.74, 6) is -2.03. The van der Waals surface area contributed by atoms with Gasteiger partial charge >= 0.3 is 0 Å². The molecule has 0 atom stereocenters. The molecule has 1 aromatic carbocycles. The standard InChI is InChI=1S/C16H16F2N4O2S/c17-10-5-6-11(12(18)8-10)14(24)19-7-1-2-13(23)20-16-22-21-15(25-16)9-3-4-9/h5-6,8-9H,1-4,7H2,(H,19,24)(H,20,22,23). The smallest absolute Gasteiger partial charge is 0.254 e. The van der Waals surface area contributed by atoms with Gasteiger partial charge in [0.25, 0.3) is 5.91 Å². The molecule has 0 radical (unpaired) electrons. The van der Waals surface area contributed by atoms with Gasteiger partial charge in [-0.1, -0.05) is 11.3 Å². The molecule has 0 aliphatic heterocycles. The Morgan fingerprint density at radius 2 is 2.04 bits per heavy atom. The first kappa shape index (κ1) is 17.4. The first-order chi connectivity index (χ1) is 12.0. The molecule has 3 rings (SSSR count). The Kier molecular flexibility index (Phi) is 5.32. The van der Waals surface area contributed by atoms with Gasteiger partial charge in [-0.05, 0) is 31.4 Å². The summed E-state index contributed by atoms with van der Waals surface area (Å²) < 4.78 is 26.3. The number of amides is 2. The fourth-order valence-corrected chi connectivity index (χ4v) is 3.11. The summed E-state index contributed by atoms with van der Waals surface area (Å²) in [6, 6.07) is 2.75. The average Bonchev–Trinajstić information content (AvgIpc) is 3.31. The molecule has 2 N–H and O–H groups in total. The number of carbonyl (C=O) groups excluding carboxylic acids is 2. The van der Waals surface area contributed by atoms with Gasteiger partial charge in [0, 0.05) is 24.9 Å². The Morgan fingerprint density at radius 1 is 1.24 bits per heavy atom. The van der Waals surface area contributed by atoms with Gasteiger partial charge in [0.15, 0.2) is 0 Å². The second kappa shape index (κ2) is 7.64. The fourth-order valence-electron chi connectivity index (χ4n) is 2.18. The van der Waals surface area contributed by atoms with E-state index in [2.05, 4.69) is 20.8 Å². The van der Waals surface area contributed by atoms with Crippen LogP contribution in [-0.4, -0.2) is 28.6 Å². The van der Waals surface area contributed by atoms with E-state index in [4.69, 9.17) is 0 Å². The molecule has 1 aliphatic rings. The number of carbonyl (C=O) groups is 2. The van der Waals surface area contributed by atoms with Crippen LogP contribution in [0.3, 0.4) is 0 Å². The van der Waals surface area contributed by atoms with Crippen molar-refractivity contribution in [2.24, 2.45) is 0 Å². The highest BCUT2D eigenvalue weighted by atomic mass is 32.1. The van der Waals surface area contributed by atoms with Gasteiger partial charge in [-0.25, -0.2) is 8.78 Å². The highest BCUT2D eigenvalue weighted by molar-refractivity contribution is 7.15. The number of hydrogen-bond acceptors (Lipinski definition) is 5. The number of benzene rings is 1. The van der Waals surface area contributed by atoms with Crippen molar-refractivity contribution in [3.63, 3.8) is 0 Å². The monoisotopic (exact) mass is 366 g/mol. The van der Waals surface area contributed by atoms with Gasteiger partial charge in [0.1, 0.15) is 16.6 Å². The van der Waals surface area contributed by atoms with E-state index >= 15 is 0 Å². The molecule has 1 heterocycles. The van der Waals surface area contributed by atoms with Crippen LogP contribution in [0.4, 0.5) is 13.9 Å². The molecule has 1 saturated carbocycles. The zero-order valence-electron chi connectivity index (χ0n) is 13.2. The Labute approximate surface area is 146 Å². The van der Waals surface area contributed by atoms with Crippen LogP contribution in [0.25, 0.3) is 0 Å². The highest BCUT2D eigenvalue weighted by Crippen LogP contribution is 2.42. The largest absolute Gasteiger partial charge is 0.352 e. The minimum atomic E-state index is -0.919. The fraction of sp³-hybridized carbons (Fsp3) is 0.375. The van der Waals surface area contributed by atoms with Crippen molar-refractivity contribution < 1.29 is 18.4 Å². The van der Waals surface area contributed by atoms with E-state index in [0.29, 0.717) is 23.5 Å². The van der Waals surface area contributed by atoms with Gasteiger partial charge in [0.2, 0.25) is 11.0 Å². The zero-order valence-corrected chi connectivity index (χ0v) is 14.0. The number of halogens is 2. The minimum Gasteiger partial charge on any atom is -0.352 e. The summed E-state index contributed by atoms with van der Waals surface area (Å²) >= 11 is 1.38. The van der Waals surface area contributed by atoms with E-state index in [9.17, 15) is 18.4 Å². The summed E-state index contributed by atoms with van der Waals surface area (Å²) in [6.07, 6.45) is 2.81. The summed E-state index contributed by atoms with van der Waals surface area (Å²) in [5.41, 5.74) is -0.229. The van der Waals surface area contributed by atoms with Gasteiger partial charge in [-0.15, -0.1) is 10.2 Å². The lowest BCUT2D eigenvalue weighted by atomic mass is 10.2. The van der Waals surface area contributed by atoms with Crippen LogP contribution < -0.4 is 10.6 Å². The molecule has 6 nitrogen and oxygen atoms in total. The van der Waals surface area contributed by atoms with E-state index in [1.807, 2.05) is 0 Å². The van der Waals surface area contributed by atoms with Crippen molar-refractivity contribution in [1.29, 1.82) is 0 Å². The van der Waals surface area contributed by atoms with Crippen molar-refractivity contribution >= 4 is 28.3 Å². The number of aromatic nitrogens is 2. The molecule has 9 heteroatoms. The predicted octanol–water partition coefficient (Wildman–Crippen LogP) is 2.84. The maximum Gasteiger partial charge on any atom is 0.254 e. The lowest BCUT2D eigenvalue weighted by Gasteiger charge is -2.06. The Balaban J connectivity index is 1.38.